The lowest BCUT2D eigenvalue weighted by atomic mass is 10.1. The van der Waals surface area contributed by atoms with E-state index in [9.17, 15) is 8.42 Å². The number of hydrogen-bond donors (Lipinski definition) is 3. The average molecular weight is 243 g/mol. The zero-order chi connectivity index (χ0) is 12.0. The Morgan fingerprint density at radius 2 is 2.00 bits per heavy atom. The zero-order valence-electron chi connectivity index (χ0n) is 9.23. The summed E-state index contributed by atoms with van der Waals surface area (Å²) in [4.78, 5) is 0. The molecule has 0 aliphatic carbocycles. The van der Waals surface area contributed by atoms with Gasteiger partial charge in [0.05, 0.1) is 5.69 Å². The third-order valence-electron chi connectivity index (χ3n) is 2.08. The third-order valence-corrected chi connectivity index (χ3v) is 3.15. The molecule has 0 saturated heterocycles. The van der Waals surface area contributed by atoms with E-state index in [0.717, 1.165) is 12.0 Å². The molecule has 1 aromatic rings. The first-order valence-corrected chi connectivity index (χ1v) is 6.62. The van der Waals surface area contributed by atoms with Crippen molar-refractivity contribution in [1.29, 1.82) is 0 Å². The molecule has 0 saturated carbocycles. The number of rotatable bonds is 6. The first kappa shape index (κ1) is 13.0. The van der Waals surface area contributed by atoms with Crippen LogP contribution < -0.4 is 15.2 Å². The van der Waals surface area contributed by atoms with E-state index < -0.39 is 10.2 Å². The first-order valence-electron chi connectivity index (χ1n) is 5.14. The molecule has 4 N–H and O–H groups in total. The van der Waals surface area contributed by atoms with Gasteiger partial charge < -0.3 is 5.73 Å². The Kier molecular flexibility index (Phi) is 4.72. The van der Waals surface area contributed by atoms with Gasteiger partial charge in [0, 0.05) is 13.1 Å². The molecule has 0 unspecified atom stereocenters. The number of nitrogens with one attached hydrogen (secondary N) is 2. The van der Waals surface area contributed by atoms with E-state index in [-0.39, 0.29) is 13.1 Å². The van der Waals surface area contributed by atoms with Gasteiger partial charge in [0.25, 0.3) is 10.2 Å². The molecule has 0 atom stereocenters. The fourth-order valence-electron chi connectivity index (χ4n) is 1.30. The van der Waals surface area contributed by atoms with Gasteiger partial charge in [-0.2, -0.15) is 13.1 Å². The van der Waals surface area contributed by atoms with Gasteiger partial charge in [-0.05, 0) is 18.1 Å². The normalized spacial score (nSPS) is 11.4. The minimum Gasteiger partial charge on any atom is -0.329 e. The van der Waals surface area contributed by atoms with Crippen LogP contribution in [-0.2, 0) is 16.6 Å². The Morgan fingerprint density at radius 1 is 1.31 bits per heavy atom. The van der Waals surface area contributed by atoms with Crippen molar-refractivity contribution in [2.75, 3.05) is 17.8 Å². The predicted molar refractivity (Wildman–Crippen MR) is 65.4 cm³/mol. The summed E-state index contributed by atoms with van der Waals surface area (Å²) in [6, 6.07) is 7.30. The molecule has 1 rings (SSSR count). The summed E-state index contributed by atoms with van der Waals surface area (Å²) in [6.45, 7) is 2.47. The second kappa shape index (κ2) is 5.83. The highest BCUT2D eigenvalue weighted by Crippen LogP contribution is 2.16. The average Bonchev–Trinajstić information content (AvgIpc) is 2.27. The van der Waals surface area contributed by atoms with Gasteiger partial charge in [0.15, 0.2) is 0 Å². The maximum Gasteiger partial charge on any atom is 0.299 e. The molecule has 0 aliphatic rings. The highest BCUT2D eigenvalue weighted by atomic mass is 32.2. The van der Waals surface area contributed by atoms with Gasteiger partial charge in [-0.3, -0.25) is 4.72 Å². The highest BCUT2D eigenvalue weighted by molar-refractivity contribution is 7.90. The van der Waals surface area contributed by atoms with Gasteiger partial charge in [-0.1, -0.05) is 25.1 Å². The maximum atomic E-state index is 11.5. The number of nitrogens with two attached hydrogens (primary N) is 1. The molecule has 0 fully saturated rings. The summed E-state index contributed by atoms with van der Waals surface area (Å²) in [5.41, 5.74) is 6.80. The first-order chi connectivity index (χ1) is 7.59. The van der Waals surface area contributed by atoms with Crippen LogP contribution in [0.3, 0.4) is 0 Å². The molecular formula is C10H17N3O2S. The van der Waals surface area contributed by atoms with Crippen molar-refractivity contribution in [3.8, 4) is 0 Å². The number of aryl methyl sites for hydroxylation is 1. The standard InChI is InChI=1S/C10H17N3O2S/c1-2-9-5-3-4-6-10(9)13-16(14,15)12-8-7-11/h3-6,12-13H,2,7-8,11H2,1H3. The van der Waals surface area contributed by atoms with Gasteiger partial charge in [0.1, 0.15) is 0 Å². The molecule has 90 valence electrons. The minimum absolute atomic E-state index is 0.226. The summed E-state index contributed by atoms with van der Waals surface area (Å²) in [7, 11) is -3.51. The fourth-order valence-corrected chi connectivity index (χ4v) is 2.25. The van der Waals surface area contributed by atoms with Gasteiger partial charge in [-0.25, -0.2) is 0 Å². The van der Waals surface area contributed by atoms with Crippen molar-refractivity contribution in [3.63, 3.8) is 0 Å². The zero-order valence-corrected chi connectivity index (χ0v) is 10.0. The Hall–Kier alpha value is -1.11. The lowest BCUT2D eigenvalue weighted by Crippen LogP contribution is -2.34. The van der Waals surface area contributed by atoms with Crippen molar-refractivity contribution in [3.05, 3.63) is 29.8 Å². The molecule has 0 heterocycles. The van der Waals surface area contributed by atoms with Crippen LogP contribution in [0.1, 0.15) is 12.5 Å². The Bertz CT molecular complexity index is 431. The van der Waals surface area contributed by atoms with Crippen LogP contribution in [0.2, 0.25) is 0 Å². The molecule has 0 amide bonds. The maximum absolute atomic E-state index is 11.5. The second-order valence-corrected chi connectivity index (χ2v) is 4.80. The summed E-state index contributed by atoms with van der Waals surface area (Å²) in [6.07, 6.45) is 0.773. The van der Waals surface area contributed by atoms with Crippen LogP contribution in [0.15, 0.2) is 24.3 Å². The summed E-state index contributed by atoms with van der Waals surface area (Å²) in [5, 5.41) is 0. The molecule has 0 bridgehead atoms. The second-order valence-electron chi connectivity index (χ2n) is 3.30. The molecule has 0 spiro atoms. The largest absolute Gasteiger partial charge is 0.329 e. The predicted octanol–water partition coefficient (Wildman–Crippen LogP) is 0.454. The van der Waals surface area contributed by atoms with E-state index in [2.05, 4.69) is 9.44 Å². The molecule has 0 aromatic heterocycles. The van der Waals surface area contributed by atoms with Gasteiger partial charge in [0.2, 0.25) is 0 Å². The van der Waals surface area contributed by atoms with E-state index in [4.69, 9.17) is 5.73 Å². The van der Waals surface area contributed by atoms with Crippen LogP contribution in [0.5, 0.6) is 0 Å². The molecule has 6 heteroatoms. The van der Waals surface area contributed by atoms with Gasteiger partial charge in [-0.15, -0.1) is 0 Å². The lowest BCUT2D eigenvalue weighted by Gasteiger charge is -2.11. The van der Waals surface area contributed by atoms with Crippen molar-refractivity contribution in [1.82, 2.24) is 4.72 Å². The van der Waals surface area contributed by atoms with E-state index >= 15 is 0 Å². The van der Waals surface area contributed by atoms with Crippen LogP contribution in [-0.4, -0.2) is 21.5 Å². The van der Waals surface area contributed by atoms with E-state index in [0.29, 0.717) is 5.69 Å². The quantitative estimate of drug-likeness (QED) is 0.678. The fraction of sp³-hybridized carbons (Fsp3) is 0.400. The Labute approximate surface area is 96.2 Å². The molecule has 0 aliphatic heterocycles. The smallest absolute Gasteiger partial charge is 0.299 e. The van der Waals surface area contributed by atoms with E-state index in [1.807, 2.05) is 19.1 Å². The number of benzene rings is 1. The van der Waals surface area contributed by atoms with Crippen LogP contribution in [0.25, 0.3) is 0 Å². The highest BCUT2D eigenvalue weighted by Gasteiger charge is 2.10. The Morgan fingerprint density at radius 3 is 2.62 bits per heavy atom. The minimum atomic E-state index is -3.51. The van der Waals surface area contributed by atoms with Crippen LogP contribution in [0.4, 0.5) is 5.69 Å². The van der Waals surface area contributed by atoms with Crippen LogP contribution in [0, 0.1) is 0 Å². The molecule has 0 radical (unpaired) electrons. The molecular weight excluding hydrogens is 226 g/mol. The summed E-state index contributed by atoms with van der Waals surface area (Å²) < 4.78 is 27.9. The molecule has 16 heavy (non-hydrogen) atoms. The third kappa shape index (κ3) is 3.80. The molecule has 5 nitrogen and oxygen atoms in total. The molecule has 1 aromatic carbocycles. The SMILES string of the molecule is CCc1ccccc1NS(=O)(=O)NCCN. The van der Waals surface area contributed by atoms with E-state index in [1.165, 1.54) is 0 Å². The summed E-state index contributed by atoms with van der Waals surface area (Å²) in [5.74, 6) is 0. The van der Waals surface area contributed by atoms with Crippen molar-refractivity contribution in [2.24, 2.45) is 5.73 Å². The van der Waals surface area contributed by atoms with Gasteiger partial charge >= 0.3 is 0 Å². The number of hydrogen-bond acceptors (Lipinski definition) is 3. The van der Waals surface area contributed by atoms with Crippen molar-refractivity contribution < 1.29 is 8.42 Å². The number of para-hydroxylation sites is 1. The summed E-state index contributed by atoms with van der Waals surface area (Å²) >= 11 is 0. The van der Waals surface area contributed by atoms with Crippen LogP contribution >= 0.6 is 0 Å². The number of anilines is 1. The lowest BCUT2D eigenvalue weighted by molar-refractivity contribution is 0.587. The van der Waals surface area contributed by atoms with Crippen molar-refractivity contribution >= 4 is 15.9 Å². The van der Waals surface area contributed by atoms with E-state index in [1.54, 1.807) is 12.1 Å². The topological polar surface area (TPSA) is 84.2 Å². The Balaban J connectivity index is 2.79. The monoisotopic (exact) mass is 243 g/mol. The van der Waals surface area contributed by atoms with Crippen molar-refractivity contribution in [2.45, 2.75) is 13.3 Å².